The van der Waals surface area contributed by atoms with E-state index in [-0.39, 0.29) is 18.1 Å². The zero-order valence-electron chi connectivity index (χ0n) is 13.4. The molecule has 0 radical (unpaired) electrons. The van der Waals surface area contributed by atoms with E-state index < -0.39 is 5.97 Å². The molecule has 1 aromatic heterocycles. The number of carbonyl (C=O) groups is 2. The molecule has 5 nitrogen and oxygen atoms in total. The molecule has 1 heterocycles. The lowest BCUT2D eigenvalue weighted by Gasteiger charge is -2.08. The molecular formula is C18H19NO4S. The average Bonchev–Trinajstić information content (AvgIpc) is 3.13. The van der Waals surface area contributed by atoms with Crippen LogP contribution in [0, 0.1) is 0 Å². The number of carboxylic acids is 1. The van der Waals surface area contributed by atoms with E-state index >= 15 is 0 Å². The van der Waals surface area contributed by atoms with Crippen LogP contribution in [0.25, 0.3) is 0 Å². The maximum Gasteiger partial charge on any atom is 0.339 e. The minimum Gasteiger partial charge on any atom is -0.484 e. The molecule has 2 aromatic rings. The molecule has 2 N–H and O–H groups in total. The van der Waals surface area contributed by atoms with Crippen molar-refractivity contribution in [2.45, 2.75) is 32.6 Å². The Kier molecular flexibility index (Phi) is 4.85. The minimum atomic E-state index is -0.985. The SMILES string of the molecule is CCc1ccc(OCC(=O)Nc2sc3c(c2C(=O)O)CCC3)cc1. The third-order valence-electron chi connectivity index (χ3n) is 4.09. The summed E-state index contributed by atoms with van der Waals surface area (Å²) in [4.78, 5) is 24.6. The number of carboxylic acid groups (broad SMARTS) is 1. The number of anilines is 1. The van der Waals surface area contributed by atoms with Crippen LogP contribution < -0.4 is 10.1 Å². The molecule has 24 heavy (non-hydrogen) atoms. The molecule has 0 bridgehead atoms. The van der Waals surface area contributed by atoms with Gasteiger partial charge in [-0.15, -0.1) is 11.3 Å². The fourth-order valence-electron chi connectivity index (χ4n) is 2.85. The average molecular weight is 345 g/mol. The summed E-state index contributed by atoms with van der Waals surface area (Å²) in [6.07, 6.45) is 3.58. The van der Waals surface area contributed by atoms with Crippen molar-refractivity contribution in [2.75, 3.05) is 11.9 Å². The summed E-state index contributed by atoms with van der Waals surface area (Å²) in [7, 11) is 0. The summed E-state index contributed by atoms with van der Waals surface area (Å²) in [6.45, 7) is 1.93. The number of thiophene rings is 1. The van der Waals surface area contributed by atoms with E-state index in [1.54, 1.807) is 0 Å². The fraction of sp³-hybridized carbons (Fsp3) is 0.333. The van der Waals surface area contributed by atoms with Crippen LogP contribution in [0.4, 0.5) is 5.00 Å². The van der Waals surface area contributed by atoms with E-state index in [4.69, 9.17) is 4.74 Å². The number of aromatic carboxylic acids is 1. The Morgan fingerprint density at radius 2 is 2.00 bits per heavy atom. The van der Waals surface area contributed by atoms with Gasteiger partial charge >= 0.3 is 5.97 Å². The lowest BCUT2D eigenvalue weighted by molar-refractivity contribution is -0.118. The molecule has 0 fully saturated rings. The van der Waals surface area contributed by atoms with E-state index in [1.807, 2.05) is 24.3 Å². The second-order valence-electron chi connectivity index (χ2n) is 5.70. The maximum atomic E-state index is 12.1. The molecule has 1 aliphatic carbocycles. The first kappa shape index (κ1) is 16.5. The Labute approximate surface area is 144 Å². The molecule has 1 amide bonds. The van der Waals surface area contributed by atoms with E-state index in [9.17, 15) is 14.7 Å². The molecule has 0 spiro atoms. The number of amides is 1. The van der Waals surface area contributed by atoms with Crippen LogP contribution in [-0.4, -0.2) is 23.6 Å². The first-order valence-corrected chi connectivity index (χ1v) is 8.79. The van der Waals surface area contributed by atoms with Crippen LogP contribution in [0.3, 0.4) is 0 Å². The van der Waals surface area contributed by atoms with Crippen molar-refractivity contribution in [2.24, 2.45) is 0 Å². The Morgan fingerprint density at radius 3 is 2.67 bits per heavy atom. The Hall–Kier alpha value is -2.34. The van der Waals surface area contributed by atoms with E-state index in [2.05, 4.69) is 12.2 Å². The minimum absolute atomic E-state index is 0.146. The molecule has 6 heteroatoms. The van der Waals surface area contributed by atoms with Crippen molar-refractivity contribution in [3.8, 4) is 5.75 Å². The van der Waals surface area contributed by atoms with Gasteiger partial charge in [-0.2, -0.15) is 0 Å². The zero-order valence-corrected chi connectivity index (χ0v) is 14.2. The number of rotatable bonds is 6. The number of aryl methyl sites for hydroxylation is 2. The second kappa shape index (κ2) is 7.05. The highest BCUT2D eigenvalue weighted by molar-refractivity contribution is 7.17. The van der Waals surface area contributed by atoms with Gasteiger partial charge in [0.25, 0.3) is 5.91 Å². The molecule has 126 valence electrons. The van der Waals surface area contributed by atoms with Gasteiger partial charge in [0, 0.05) is 4.88 Å². The van der Waals surface area contributed by atoms with Crippen LogP contribution >= 0.6 is 11.3 Å². The Balaban J connectivity index is 1.64. The largest absolute Gasteiger partial charge is 0.484 e. The van der Waals surface area contributed by atoms with Gasteiger partial charge in [0.05, 0.1) is 5.56 Å². The third kappa shape index (κ3) is 3.43. The monoisotopic (exact) mass is 345 g/mol. The molecule has 1 aromatic carbocycles. The molecular weight excluding hydrogens is 326 g/mol. The summed E-state index contributed by atoms with van der Waals surface area (Å²) in [5, 5.41) is 12.5. The normalized spacial score (nSPS) is 12.7. The summed E-state index contributed by atoms with van der Waals surface area (Å²) < 4.78 is 5.46. The summed E-state index contributed by atoms with van der Waals surface area (Å²) in [6, 6.07) is 7.57. The maximum absolute atomic E-state index is 12.1. The lowest BCUT2D eigenvalue weighted by Crippen LogP contribution is -2.21. The van der Waals surface area contributed by atoms with E-state index in [0.29, 0.717) is 10.8 Å². The van der Waals surface area contributed by atoms with Gasteiger partial charge < -0.3 is 15.2 Å². The summed E-state index contributed by atoms with van der Waals surface area (Å²) in [5.74, 6) is -0.716. The smallest absolute Gasteiger partial charge is 0.339 e. The van der Waals surface area contributed by atoms with Crippen LogP contribution in [-0.2, 0) is 24.1 Å². The zero-order chi connectivity index (χ0) is 17.1. The Bertz CT molecular complexity index is 764. The van der Waals surface area contributed by atoms with E-state index in [1.165, 1.54) is 16.9 Å². The number of fused-ring (bicyclic) bond motifs is 1. The predicted octanol–water partition coefficient (Wildman–Crippen LogP) is 3.51. The van der Waals surface area contributed by atoms with Gasteiger partial charge in [-0.3, -0.25) is 4.79 Å². The second-order valence-corrected chi connectivity index (χ2v) is 6.81. The lowest BCUT2D eigenvalue weighted by atomic mass is 10.1. The number of hydrogen-bond acceptors (Lipinski definition) is 4. The van der Waals surface area contributed by atoms with Crippen LogP contribution in [0.2, 0.25) is 0 Å². The quantitative estimate of drug-likeness (QED) is 0.840. The van der Waals surface area contributed by atoms with Crippen molar-refractivity contribution < 1.29 is 19.4 Å². The van der Waals surface area contributed by atoms with Crippen molar-refractivity contribution in [3.05, 3.63) is 45.8 Å². The van der Waals surface area contributed by atoms with Crippen LogP contribution in [0.15, 0.2) is 24.3 Å². The predicted molar refractivity (Wildman–Crippen MR) is 93.2 cm³/mol. The highest BCUT2D eigenvalue weighted by Crippen LogP contribution is 2.39. The van der Waals surface area contributed by atoms with Crippen molar-refractivity contribution >= 4 is 28.2 Å². The number of ether oxygens (including phenoxy) is 1. The molecule has 0 atom stereocenters. The first-order chi connectivity index (χ1) is 11.6. The summed E-state index contributed by atoms with van der Waals surface area (Å²) >= 11 is 1.36. The molecule has 3 rings (SSSR count). The molecule has 1 aliphatic rings. The van der Waals surface area contributed by atoms with Gasteiger partial charge in [-0.1, -0.05) is 19.1 Å². The van der Waals surface area contributed by atoms with Gasteiger partial charge in [-0.25, -0.2) is 4.79 Å². The van der Waals surface area contributed by atoms with Gasteiger partial charge in [0.1, 0.15) is 10.8 Å². The molecule has 0 unspecified atom stereocenters. The van der Waals surface area contributed by atoms with Crippen LogP contribution in [0.1, 0.15) is 39.7 Å². The van der Waals surface area contributed by atoms with Crippen molar-refractivity contribution in [3.63, 3.8) is 0 Å². The van der Waals surface area contributed by atoms with Crippen LogP contribution in [0.5, 0.6) is 5.75 Å². The standard InChI is InChI=1S/C18H19NO4S/c1-2-11-6-8-12(9-7-11)23-10-15(20)19-17-16(18(21)22)13-4-3-5-14(13)24-17/h6-9H,2-5,10H2,1H3,(H,19,20)(H,21,22). The number of carbonyl (C=O) groups excluding carboxylic acids is 1. The summed E-state index contributed by atoms with van der Waals surface area (Å²) in [5.41, 5.74) is 2.32. The van der Waals surface area contributed by atoms with Crippen molar-refractivity contribution in [1.82, 2.24) is 0 Å². The molecule has 0 aliphatic heterocycles. The highest BCUT2D eigenvalue weighted by atomic mass is 32.1. The first-order valence-electron chi connectivity index (χ1n) is 7.98. The number of benzene rings is 1. The number of hydrogen-bond donors (Lipinski definition) is 2. The molecule has 0 saturated heterocycles. The van der Waals surface area contributed by atoms with Gasteiger partial charge in [0.15, 0.2) is 6.61 Å². The Morgan fingerprint density at radius 1 is 1.25 bits per heavy atom. The molecule has 0 saturated carbocycles. The van der Waals surface area contributed by atoms with Crippen molar-refractivity contribution in [1.29, 1.82) is 0 Å². The van der Waals surface area contributed by atoms with E-state index in [0.717, 1.165) is 36.1 Å². The third-order valence-corrected chi connectivity index (χ3v) is 5.30. The van der Waals surface area contributed by atoms with Gasteiger partial charge in [0.2, 0.25) is 0 Å². The van der Waals surface area contributed by atoms with Gasteiger partial charge in [-0.05, 0) is 48.9 Å². The number of nitrogens with one attached hydrogen (secondary N) is 1. The fourth-order valence-corrected chi connectivity index (χ4v) is 4.15. The topological polar surface area (TPSA) is 75.6 Å². The highest BCUT2D eigenvalue weighted by Gasteiger charge is 2.27.